The molecule has 0 fully saturated rings. The van der Waals surface area contributed by atoms with Gasteiger partial charge >= 0.3 is 37.7 Å². The zero-order valence-corrected chi connectivity index (χ0v) is 3.90. The molecule has 0 aromatic carbocycles. The van der Waals surface area contributed by atoms with E-state index < -0.39 is 9.60 Å². The van der Waals surface area contributed by atoms with Gasteiger partial charge in [-0.15, -0.1) is 0 Å². The molecule has 0 saturated heterocycles. The van der Waals surface area contributed by atoms with Crippen LogP contribution in [0.25, 0.3) is 0 Å². The van der Waals surface area contributed by atoms with Crippen LogP contribution in [0.2, 0.25) is 0 Å². The molecule has 0 aromatic heterocycles. The maximum absolute atomic E-state index is 9.09. The quantitative estimate of drug-likeness (QED) is 0.365. The summed E-state index contributed by atoms with van der Waals surface area (Å²) in [5.74, 6) is 0. The summed E-state index contributed by atoms with van der Waals surface area (Å²) in [4.78, 5) is 0. The molecule has 0 atom stereocenters. The minimum Gasteiger partial charge on any atom is -0.582 e. The van der Waals surface area contributed by atoms with E-state index in [1.165, 1.54) is 0 Å². The number of hydrogen-bond acceptors (Lipinski definition) is 1. The normalized spacial score (nSPS) is 7.20. The van der Waals surface area contributed by atoms with Crippen molar-refractivity contribution < 1.29 is 4.55 Å². The van der Waals surface area contributed by atoms with Crippen LogP contribution in [0.1, 0.15) is 0 Å². The van der Waals surface area contributed by atoms with Gasteiger partial charge in [0, 0.05) is 0 Å². The van der Waals surface area contributed by atoms with Crippen LogP contribution < -0.4 is 0 Å². The van der Waals surface area contributed by atoms with Crippen molar-refractivity contribution in [3.8, 4) is 0 Å². The zero-order chi connectivity index (χ0) is 3.58. The van der Waals surface area contributed by atoms with E-state index in [0.717, 1.165) is 0 Å². The first kappa shape index (κ1) is 10.2. The SMILES string of the molecule is [CaH2].[O-][S+](Cl)Cl. The molecule has 0 amide bonds. The molecule has 0 saturated carbocycles. The van der Waals surface area contributed by atoms with Crippen LogP contribution in [0.3, 0.4) is 0 Å². The van der Waals surface area contributed by atoms with Crippen molar-refractivity contribution in [2.75, 3.05) is 0 Å². The third-order valence-electron chi connectivity index (χ3n) is 0. The van der Waals surface area contributed by atoms with E-state index in [1.807, 2.05) is 0 Å². The Labute approximate surface area is 72.2 Å². The van der Waals surface area contributed by atoms with Crippen LogP contribution >= 0.6 is 21.4 Å². The molecule has 0 rings (SSSR count). The Morgan fingerprint density at radius 2 is 1.40 bits per heavy atom. The van der Waals surface area contributed by atoms with Crippen LogP contribution in [-0.4, -0.2) is 42.3 Å². The molecular weight excluding hydrogens is 159 g/mol. The molecule has 0 aliphatic carbocycles. The van der Waals surface area contributed by atoms with Gasteiger partial charge in [0.05, 0.1) is 0 Å². The van der Waals surface area contributed by atoms with Gasteiger partial charge in [-0.3, -0.25) is 0 Å². The molecule has 0 heterocycles. The van der Waals surface area contributed by atoms with E-state index in [2.05, 4.69) is 21.4 Å². The Hall–Kier alpha value is 2.15. The van der Waals surface area contributed by atoms with E-state index in [0.29, 0.717) is 0 Å². The molecule has 30 valence electrons. The Bertz CT molecular complexity index is 14.4. The average Bonchev–Trinajstić information content (AvgIpc) is 0.811. The molecule has 0 aromatic rings. The molecule has 5 heavy (non-hydrogen) atoms. The van der Waals surface area contributed by atoms with E-state index in [4.69, 9.17) is 4.55 Å². The monoisotopic (exact) mass is 160 g/mol. The van der Waals surface area contributed by atoms with Gasteiger partial charge < -0.3 is 4.55 Å². The summed E-state index contributed by atoms with van der Waals surface area (Å²) in [5, 5.41) is 0. The smallest absolute Gasteiger partial charge is 0.198 e. The van der Waals surface area contributed by atoms with Crippen molar-refractivity contribution in [3.63, 3.8) is 0 Å². The molecule has 1 nitrogen and oxygen atoms in total. The zero-order valence-electron chi connectivity index (χ0n) is 1.57. The first-order chi connectivity index (χ1) is 1.73. The topological polar surface area (TPSA) is 23.1 Å². The largest absolute Gasteiger partial charge is 0.582 e. The molecule has 0 radical (unpaired) electrons. The third kappa shape index (κ3) is 22.9. The maximum Gasteiger partial charge on any atom is 0.198 e. The molecule has 5 heteroatoms. The predicted molar refractivity (Wildman–Crippen MR) is 28.4 cm³/mol. The summed E-state index contributed by atoms with van der Waals surface area (Å²) in [6.45, 7) is 0. The second-order valence-corrected chi connectivity index (χ2v) is 2.71. The van der Waals surface area contributed by atoms with E-state index in [9.17, 15) is 0 Å². The van der Waals surface area contributed by atoms with Crippen molar-refractivity contribution in [3.05, 3.63) is 0 Å². The molecule has 0 aliphatic heterocycles. The fraction of sp³-hybridized carbons (Fsp3) is 0. The number of rotatable bonds is 0. The first-order valence-corrected chi connectivity index (χ1v) is 3.28. The summed E-state index contributed by atoms with van der Waals surface area (Å²) in [5.41, 5.74) is 0. The summed E-state index contributed by atoms with van der Waals surface area (Å²) in [6, 6.07) is 0. The van der Waals surface area contributed by atoms with Crippen molar-refractivity contribution in [1.29, 1.82) is 0 Å². The second-order valence-electron chi connectivity index (χ2n) is 0.184. The summed E-state index contributed by atoms with van der Waals surface area (Å²) in [6.07, 6.45) is 0. The minimum atomic E-state index is -1.67. The standard InChI is InChI=1S/Ca.Cl2OS.2H/c;1-4(2)3;;. The molecule has 0 spiro atoms. The van der Waals surface area contributed by atoms with E-state index in [1.54, 1.807) is 0 Å². The third-order valence-corrected chi connectivity index (χ3v) is 0. The molecule has 0 unspecified atom stereocenters. The fourth-order valence-electron chi connectivity index (χ4n) is 0. The predicted octanol–water partition coefficient (Wildman–Crippen LogP) is 0.127. The van der Waals surface area contributed by atoms with Crippen molar-refractivity contribution in [2.45, 2.75) is 0 Å². The molecule has 0 bridgehead atoms. The van der Waals surface area contributed by atoms with Gasteiger partial charge in [-0.05, 0) is 0 Å². The van der Waals surface area contributed by atoms with Gasteiger partial charge in [0.15, 0.2) is 31.0 Å². The maximum atomic E-state index is 9.09. The summed E-state index contributed by atoms with van der Waals surface area (Å²) in [7, 11) is 7.36. The van der Waals surface area contributed by atoms with Gasteiger partial charge in [-0.1, -0.05) is 0 Å². The minimum absolute atomic E-state index is 0. The number of hydrogen-bond donors (Lipinski definition) is 0. The van der Waals surface area contributed by atoms with Crippen molar-refractivity contribution >= 4 is 68.7 Å². The van der Waals surface area contributed by atoms with Crippen LogP contribution in [0.5, 0.6) is 0 Å². The number of halogens is 2. The Kier molecular flexibility index (Phi) is 12.5. The van der Waals surface area contributed by atoms with Crippen LogP contribution in [-0.2, 0) is 9.60 Å². The van der Waals surface area contributed by atoms with Crippen LogP contribution in [0, 0.1) is 0 Å². The van der Waals surface area contributed by atoms with Crippen molar-refractivity contribution in [1.82, 2.24) is 0 Å². The molecule has 0 aliphatic rings. The fourth-order valence-corrected chi connectivity index (χ4v) is 0. The van der Waals surface area contributed by atoms with Crippen molar-refractivity contribution in [2.24, 2.45) is 0 Å². The van der Waals surface area contributed by atoms with Gasteiger partial charge in [-0.2, -0.15) is 0 Å². The van der Waals surface area contributed by atoms with Crippen LogP contribution in [0.4, 0.5) is 0 Å². The summed E-state index contributed by atoms with van der Waals surface area (Å²) >= 11 is 0. The van der Waals surface area contributed by atoms with Gasteiger partial charge in [-0.25, -0.2) is 0 Å². The molecular formula is H2CaCl2OS. The average molecular weight is 161 g/mol. The van der Waals surface area contributed by atoms with Gasteiger partial charge in [0.1, 0.15) is 0 Å². The second kappa shape index (κ2) is 6.15. The van der Waals surface area contributed by atoms with Gasteiger partial charge in [0.25, 0.3) is 0 Å². The summed E-state index contributed by atoms with van der Waals surface area (Å²) < 4.78 is 9.09. The Morgan fingerprint density at radius 3 is 1.40 bits per heavy atom. The Morgan fingerprint density at radius 1 is 1.40 bits per heavy atom. The first-order valence-electron chi connectivity index (χ1n) is 0.475. The molecule has 0 N–H and O–H groups in total. The van der Waals surface area contributed by atoms with E-state index in [-0.39, 0.29) is 37.7 Å². The van der Waals surface area contributed by atoms with Gasteiger partial charge in [0.2, 0.25) is 0 Å². The van der Waals surface area contributed by atoms with E-state index >= 15 is 0 Å². The van der Waals surface area contributed by atoms with Crippen LogP contribution in [0.15, 0.2) is 0 Å². The Balaban J connectivity index is 0.